The predicted molar refractivity (Wildman–Crippen MR) is 490 cm³/mol. The smallest absolute Gasteiger partial charge is 0.334 e. The number of carbonyl (C=O) groups excluding carboxylic acids is 3. The van der Waals surface area contributed by atoms with Crippen molar-refractivity contribution in [3.8, 4) is 0 Å². The number of aliphatic carboxylic acids is 1. The molecule has 1 aliphatic heterocycles. The van der Waals surface area contributed by atoms with Crippen LogP contribution in [0.5, 0.6) is 0 Å². The van der Waals surface area contributed by atoms with Gasteiger partial charge in [-0.05, 0) is 164 Å². The third-order valence-electron chi connectivity index (χ3n) is 13.0. The van der Waals surface area contributed by atoms with Crippen LogP contribution in [0.3, 0.4) is 0 Å². The minimum absolute atomic E-state index is 0.116. The van der Waals surface area contributed by atoms with E-state index in [2.05, 4.69) is 9.47 Å². The van der Waals surface area contributed by atoms with E-state index in [-0.39, 0.29) is 55.6 Å². The summed E-state index contributed by atoms with van der Waals surface area (Å²) in [5.41, 5.74) is 5.30. The molecule has 32 nitrogen and oxygen atoms in total. The molecule has 0 amide bonds. The highest BCUT2D eigenvalue weighted by Crippen LogP contribution is 2.51. The number of ketones is 1. The maximum absolute atomic E-state index is 12.2. The van der Waals surface area contributed by atoms with Crippen LogP contribution in [0.4, 0.5) is 0 Å². The van der Waals surface area contributed by atoms with Gasteiger partial charge < -0.3 is 112 Å². The molecule has 0 saturated carbocycles. The van der Waals surface area contributed by atoms with E-state index in [0.717, 1.165) is 61.2 Å². The lowest BCUT2D eigenvalue weighted by molar-refractivity contribution is -0.154. The fourth-order valence-corrected chi connectivity index (χ4v) is 15.0. The third kappa shape index (κ3) is 91.1. The number of alkyl halides is 2. The van der Waals surface area contributed by atoms with Crippen LogP contribution in [0, 0.1) is 0 Å². The Balaban J connectivity index is -0.000000171. The van der Waals surface area contributed by atoms with E-state index < -0.39 is 57.5 Å². The summed E-state index contributed by atoms with van der Waals surface area (Å²) in [6.07, 6.45) is 34.1. The van der Waals surface area contributed by atoms with Crippen LogP contribution in [0.15, 0.2) is 143 Å². The van der Waals surface area contributed by atoms with Crippen molar-refractivity contribution in [1.82, 2.24) is 0 Å². The number of allylic oxidation sites excluding steroid dienone is 20. The van der Waals surface area contributed by atoms with Gasteiger partial charge in [0.25, 0.3) is 5.97 Å². The highest BCUT2D eigenvalue weighted by molar-refractivity contribution is 7.55. The topological polar surface area (TPSA) is 380 Å². The Morgan fingerprint density at radius 3 is 0.697 bits per heavy atom. The van der Waals surface area contributed by atoms with E-state index in [1.165, 1.54) is 21.1 Å². The average molecular weight is 1890 g/mol. The molecule has 0 aliphatic carbocycles. The van der Waals surface area contributed by atoms with Gasteiger partial charge in [-0.15, -0.1) is 23.2 Å². The number of ether oxygens (including phenoxy) is 11. The number of hydrogen-bond acceptors (Lipinski definition) is 31. The third-order valence-corrected chi connectivity index (χ3v) is 22.6. The number of methoxy groups -OCH3 is 10. The zero-order chi connectivity index (χ0) is 95.5. The van der Waals surface area contributed by atoms with Gasteiger partial charge in [0.15, 0.2) is 37.2 Å². The average Bonchev–Trinajstić information content (AvgIpc) is 0.946. The molecule has 0 aromatic carbocycles. The number of rotatable bonds is 55. The van der Waals surface area contributed by atoms with Crippen molar-refractivity contribution in [2.24, 2.45) is 0 Å². The summed E-state index contributed by atoms with van der Waals surface area (Å²) in [7, 11) is 2.33. The van der Waals surface area contributed by atoms with Gasteiger partial charge in [-0.3, -0.25) is 37.4 Å². The number of carboxylic acids is 1. The maximum atomic E-state index is 12.2. The lowest BCUT2D eigenvalue weighted by Crippen LogP contribution is -2.21. The molecule has 0 radical (unpaired) electrons. The summed E-state index contributed by atoms with van der Waals surface area (Å²) in [5, 5.41) is 15.9. The summed E-state index contributed by atoms with van der Waals surface area (Å²) >= 11 is 10.5. The monoisotopic (exact) mass is 1890 g/mol. The van der Waals surface area contributed by atoms with Crippen molar-refractivity contribution in [3.63, 3.8) is 0 Å². The van der Waals surface area contributed by atoms with Crippen LogP contribution in [0.25, 0.3) is 0 Å². The Kier molecular flexibility index (Phi) is 109. The molecule has 1 rings (SSSR count). The molecule has 1 atom stereocenters. The normalized spacial score (nSPS) is 13.8. The fourth-order valence-electron chi connectivity index (χ4n) is 8.01. The molecule has 2 N–H and O–H groups in total. The number of aliphatic hydroxyl groups is 1. The van der Waals surface area contributed by atoms with Gasteiger partial charge in [0, 0.05) is 103 Å². The molecule has 1 unspecified atom stereocenters. The van der Waals surface area contributed by atoms with Crippen LogP contribution in [-0.4, -0.2) is 259 Å². The number of halogens is 2. The van der Waals surface area contributed by atoms with E-state index in [1.807, 2.05) is 109 Å². The first-order chi connectivity index (χ1) is 57.9. The van der Waals surface area contributed by atoms with Crippen molar-refractivity contribution < 1.29 is 150 Å². The molecular formula is C83H155Cl2O32P5. The number of Topliss-reactive ketones (excluding diaryl/α,β-unsaturated/α-hetero) is 1. The van der Waals surface area contributed by atoms with Gasteiger partial charge in [-0.2, -0.15) is 0 Å². The minimum Gasteiger partial charge on any atom is -0.481 e. The summed E-state index contributed by atoms with van der Waals surface area (Å²) in [5.74, 6) is 0.175. The molecule has 122 heavy (non-hydrogen) atoms. The van der Waals surface area contributed by atoms with Gasteiger partial charge in [0.05, 0.1) is 97.3 Å². The Labute approximate surface area is 743 Å². The SMILES string of the molecule is CC(=O)O.CCOP(=O)(C/C=C/CP(=O)(OCC)OCC)OCC.CCOP(=O)(C/C=C/CP(=O)(OCC)OCC)OCC.CCOP(OCC)OCC.COC(OC)/C(C)=C/C=C/C=C(\C)C(OC)OC.COC(OC)C(C)=C/C=C/C=C(C)C(OC)OC.COC(OC)C(C)=O.C\C(C=O)=C/C=C/C=C(\C)C=O.ClC/C=C/CCl.OC1CCCO1. The molecule has 1 heterocycles. The largest absolute Gasteiger partial charge is 0.481 e. The number of carbonyl (C=O) groups is 4. The highest BCUT2D eigenvalue weighted by Gasteiger charge is 2.26. The van der Waals surface area contributed by atoms with Crippen molar-refractivity contribution in [2.45, 2.75) is 182 Å². The van der Waals surface area contributed by atoms with Crippen LogP contribution in [0.2, 0.25) is 0 Å². The zero-order valence-electron chi connectivity index (χ0n) is 78.3. The predicted octanol–water partition coefficient (Wildman–Crippen LogP) is 20.1. The van der Waals surface area contributed by atoms with E-state index in [1.54, 1.807) is 175 Å². The van der Waals surface area contributed by atoms with Crippen molar-refractivity contribution in [3.05, 3.63) is 143 Å². The van der Waals surface area contributed by atoms with E-state index in [9.17, 15) is 32.6 Å². The highest BCUT2D eigenvalue weighted by atomic mass is 35.5. The van der Waals surface area contributed by atoms with Gasteiger partial charge in [0.2, 0.25) is 6.29 Å². The molecule has 0 spiro atoms. The number of hydrogen-bond donors (Lipinski definition) is 2. The second-order valence-corrected chi connectivity index (χ2v) is 33.4. The van der Waals surface area contributed by atoms with E-state index in [4.69, 9.17) is 131 Å². The van der Waals surface area contributed by atoms with Gasteiger partial charge >= 0.3 is 39.0 Å². The number of carboxylic acid groups (broad SMARTS) is 1. The number of aldehydes is 2. The second kappa shape index (κ2) is 98.0. The number of aliphatic hydroxyl groups excluding tert-OH is 1. The molecule has 0 aromatic rings. The Morgan fingerprint density at radius 1 is 0.369 bits per heavy atom. The molecule has 1 aliphatic rings. The van der Waals surface area contributed by atoms with E-state index in [0.29, 0.717) is 95.6 Å². The Bertz CT molecular complexity index is 2710. The molecule has 0 bridgehead atoms. The van der Waals surface area contributed by atoms with Gasteiger partial charge in [0.1, 0.15) is 12.6 Å². The summed E-state index contributed by atoms with van der Waals surface area (Å²) in [6.45, 7) is 38.8. The van der Waals surface area contributed by atoms with Crippen molar-refractivity contribution in [2.75, 3.05) is 187 Å². The molecule has 718 valence electrons. The van der Waals surface area contributed by atoms with Crippen molar-refractivity contribution >= 4 is 86.5 Å². The maximum Gasteiger partial charge on any atom is 0.334 e. The van der Waals surface area contributed by atoms with Crippen LogP contribution >= 0.6 is 62.2 Å². The Hall–Kier alpha value is -3.63. The lowest BCUT2D eigenvalue weighted by atomic mass is 10.2. The standard InChI is InChI=1S/2C14H24O4.2C12H26O6P2.C10H12O2.C6H15O3P.C5H10O3.C4H6Cl2.C4H8O2.C2H4O2/c2*1-11(13(15-3)16-4)9-7-8-10-12(2)14(17-5)18-6;2*1-5-15-19(13,16-6-2)11-9-10-12-20(14,17-7-3)18-8-4;1-9(7-11)5-3-4-6-10(2)8-12;1-4-7-10(8-5-2)9-6-3;1-4(6)5(7-2)8-3;5-3-1-2-4-6;5-4-2-1-3-6-4;1-2(3)4/h2*7-10,13-14H,1-6H3;2*9-10H,5-8,11-12H2,1-4H3;3-8H,1-2H3;4-6H2,1-3H3;5H,1-3H3;1-2H,3-4H2;4-5H,1-3H2;1H3,(H,3,4)/b8-7+,11-9?,12-10?;8-7+,11-9+,12-10+;2*10-9+;4-3+,9-5+,10-6+;;;2-1+;;. The first-order valence-corrected chi connectivity index (χ1v) is 48.5. The molecule has 0 aromatic heterocycles. The fraction of sp³-hybridized carbons (Fsp3) is 0.663. The van der Waals surface area contributed by atoms with Gasteiger partial charge in [-0.1, -0.05) is 109 Å². The van der Waals surface area contributed by atoms with Crippen LogP contribution in [-0.2, 0) is 139 Å². The van der Waals surface area contributed by atoms with E-state index >= 15 is 0 Å². The minimum atomic E-state index is -3.09. The quantitative estimate of drug-likeness (QED) is 0.0109. The Morgan fingerprint density at radius 2 is 0.574 bits per heavy atom. The second-order valence-electron chi connectivity index (χ2n) is 23.2. The molecule has 1 saturated heterocycles. The van der Waals surface area contributed by atoms with Crippen LogP contribution < -0.4 is 0 Å². The molecule has 39 heteroatoms. The lowest BCUT2D eigenvalue weighted by Gasteiger charge is -2.16. The summed E-state index contributed by atoms with van der Waals surface area (Å²) in [6, 6.07) is 0. The summed E-state index contributed by atoms with van der Waals surface area (Å²) < 4.78 is 160. The molecular weight excluding hydrogens is 1730 g/mol. The first-order valence-electron chi connectivity index (χ1n) is 39.4. The first kappa shape index (κ1) is 136. The zero-order valence-corrected chi connectivity index (χ0v) is 84.3. The van der Waals surface area contributed by atoms with Gasteiger partial charge in [-0.25, -0.2) is 0 Å². The van der Waals surface area contributed by atoms with Crippen LogP contribution in [0.1, 0.15) is 144 Å². The molecule has 1 fully saturated rings. The summed E-state index contributed by atoms with van der Waals surface area (Å²) in [4.78, 5) is 39.6. The van der Waals surface area contributed by atoms with Crippen molar-refractivity contribution in [1.29, 1.82) is 0 Å².